The Hall–Kier alpha value is -0.410. The van der Waals surface area contributed by atoms with E-state index in [0.717, 1.165) is 6.54 Å². The zero-order valence-electron chi connectivity index (χ0n) is 12.2. The molecule has 1 saturated carbocycles. The number of nitrogens with one attached hydrogen (secondary N) is 1. The Kier molecular flexibility index (Phi) is 4.12. The predicted molar refractivity (Wildman–Crippen MR) is 79.1 cm³/mol. The number of hydrogen-bond acceptors (Lipinski definition) is 3. The van der Waals surface area contributed by atoms with Crippen LogP contribution in [-0.2, 0) is 12.0 Å². The fourth-order valence-electron chi connectivity index (χ4n) is 2.55. The first-order valence-electron chi connectivity index (χ1n) is 7.09. The van der Waals surface area contributed by atoms with Crippen molar-refractivity contribution in [2.45, 2.75) is 77.3 Å². The number of thiazole rings is 1. The third-order valence-electron chi connectivity index (χ3n) is 3.84. The van der Waals surface area contributed by atoms with E-state index < -0.39 is 0 Å². The van der Waals surface area contributed by atoms with Crippen molar-refractivity contribution in [1.82, 2.24) is 10.3 Å². The van der Waals surface area contributed by atoms with Crippen molar-refractivity contribution in [1.29, 1.82) is 0 Å². The topological polar surface area (TPSA) is 24.9 Å². The highest BCUT2D eigenvalue weighted by molar-refractivity contribution is 7.11. The molecular formula is C15H26N2S. The highest BCUT2D eigenvalue weighted by Gasteiger charge is 2.26. The van der Waals surface area contributed by atoms with Gasteiger partial charge >= 0.3 is 0 Å². The number of hydrogen-bond donors (Lipinski definition) is 1. The zero-order valence-corrected chi connectivity index (χ0v) is 13.0. The summed E-state index contributed by atoms with van der Waals surface area (Å²) in [7, 11) is 0. The van der Waals surface area contributed by atoms with Gasteiger partial charge in [-0.25, -0.2) is 4.98 Å². The second-order valence-electron chi connectivity index (χ2n) is 6.86. The van der Waals surface area contributed by atoms with E-state index in [9.17, 15) is 0 Å². The molecule has 0 aliphatic heterocycles. The Morgan fingerprint density at radius 3 is 2.50 bits per heavy atom. The summed E-state index contributed by atoms with van der Waals surface area (Å²) in [4.78, 5) is 5.92. The van der Waals surface area contributed by atoms with E-state index in [2.05, 4.69) is 38.0 Å². The molecule has 1 aromatic heterocycles. The smallest absolute Gasteiger partial charge is 0.0981 e. The lowest BCUT2D eigenvalue weighted by Gasteiger charge is -2.34. The van der Waals surface area contributed by atoms with E-state index in [1.165, 1.54) is 42.0 Å². The molecule has 0 spiro atoms. The quantitative estimate of drug-likeness (QED) is 0.884. The molecule has 0 aromatic carbocycles. The van der Waals surface area contributed by atoms with Crippen molar-refractivity contribution in [2.24, 2.45) is 0 Å². The van der Waals surface area contributed by atoms with E-state index in [4.69, 9.17) is 0 Å². The van der Waals surface area contributed by atoms with Crippen molar-refractivity contribution < 1.29 is 0 Å². The van der Waals surface area contributed by atoms with Gasteiger partial charge in [-0.2, -0.15) is 0 Å². The minimum Gasteiger partial charge on any atom is -0.307 e. The maximum Gasteiger partial charge on any atom is 0.0981 e. The summed E-state index contributed by atoms with van der Waals surface area (Å²) < 4.78 is 0. The number of nitrogens with zero attached hydrogens (tertiary/aromatic N) is 1. The van der Waals surface area contributed by atoms with Crippen LogP contribution in [-0.4, -0.2) is 10.5 Å². The molecular weight excluding hydrogens is 240 g/mol. The van der Waals surface area contributed by atoms with Gasteiger partial charge in [0.2, 0.25) is 0 Å². The van der Waals surface area contributed by atoms with Crippen molar-refractivity contribution in [2.75, 3.05) is 0 Å². The molecule has 0 saturated heterocycles. The second-order valence-corrected chi connectivity index (χ2v) is 7.97. The van der Waals surface area contributed by atoms with Gasteiger partial charge in [0, 0.05) is 28.6 Å². The minimum atomic E-state index is 0.178. The van der Waals surface area contributed by atoms with Crippen LogP contribution in [0.15, 0.2) is 6.20 Å². The lowest BCUT2D eigenvalue weighted by molar-refractivity contribution is 0.253. The summed E-state index contributed by atoms with van der Waals surface area (Å²) in [6, 6.07) is 0. The van der Waals surface area contributed by atoms with Crippen LogP contribution in [0.25, 0.3) is 0 Å². The summed E-state index contributed by atoms with van der Waals surface area (Å²) in [5, 5.41) is 4.99. The minimum absolute atomic E-state index is 0.178. The molecule has 2 nitrogen and oxygen atoms in total. The van der Waals surface area contributed by atoms with Crippen molar-refractivity contribution in [3.8, 4) is 0 Å². The number of rotatable bonds is 3. The molecule has 1 aliphatic rings. The molecule has 1 aliphatic carbocycles. The molecule has 1 fully saturated rings. The Bertz CT molecular complexity index is 383. The fraction of sp³-hybridized carbons (Fsp3) is 0.800. The SMILES string of the molecule is CC1(NCc2cnc(C(C)(C)C)s2)CCCCC1. The summed E-state index contributed by atoms with van der Waals surface area (Å²) in [6.45, 7) is 10.0. The standard InChI is InChI=1S/C15H26N2S/c1-14(2,3)13-16-10-12(18-13)11-17-15(4)8-6-5-7-9-15/h10,17H,5-9,11H2,1-4H3. The van der Waals surface area contributed by atoms with Crippen molar-refractivity contribution in [3.05, 3.63) is 16.1 Å². The molecule has 2 rings (SSSR count). The first kappa shape index (κ1) is 14.0. The highest BCUT2D eigenvalue weighted by atomic mass is 32.1. The molecule has 3 heteroatoms. The summed E-state index contributed by atoms with van der Waals surface area (Å²) in [5.41, 5.74) is 0.530. The van der Waals surface area contributed by atoms with E-state index >= 15 is 0 Å². The van der Waals surface area contributed by atoms with Gasteiger partial charge in [-0.3, -0.25) is 0 Å². The van der Waals surface area contributed by atoms with Crippen LogP contribution in [0.5, 0.6) is 0 Å². The van der Waals surface area contributed by atoms with Crippen LogP contribution < -0.4 is 5.32 Å². The van der Waals surface area contributed by atoms with E-state index in [0.29, 0.717) is 5.54 Å². The Morgan fingerprint density at radius 1 is 1.28 bits per heavy atom. The molecule has 0 unspecified atom stereocenters. The van der Waals surface area contributed by atoms with E-state index in [1.54, 1.807) is 0 Å². The fourth-order valence-corrected chi connectivity index (χ4v) is 3.46. The maximum absolute atomic E-state index is 4.55. The molecule has 0 radical (unpaired) electrons. The van der Waals surface area contributed by atoms with Gasteiger partial charge in [0.15, 0.2) is 0 Å². The van der Waals surface area contributed by atoms with Gasteiger partial charge in [0.05, 0.1) is 5.01 Å². The lowest BCUT2D eigenvalue weighted by Crippen LogP contribution is -2.43. The van der Waals surface area contributed by atoms with Crippen LogP contribution in [0.2, 0.25) is 0 Å². The molecule has 0 atom stereocenters. The molecule has 1 heterocycles. The Labute approximate surface area is 115 Å². The van der Waals surface area contributed by atoms with Crippen LogP contribution in [0.1, 0.15) is 69.7 Å². The average molecular weight is 266 g/mol. The van der Waals surface area contributed by atoms with Crippen LogP contribution >= 0.6 is 11.3 Å². The van der Waals surface area contributed by atoms with Gasteiger partial charge in [0.1, 0.15) is 0 Å². The third kappa shape index (κ3) is 3.55. The predicted octanol–water partition coefficient (Wildman–Crippen LogP) is 4.25. The van der Waals surface area contributed by atoms with Crippen molar-refractivity contribution >= 4 is 11.3 Å². The normalized spacial score (nSPS) is 20.0. The maximum atomic E-state index is 4.55. The third-order valence-corrected chi connectivity index (χ3v) is 5.26. The van der Waals surface area contributed by atoms with Gasteiger partial charge in [-0.05, 0) is 19.8 Å². The van der Waals surface area contributed by atoms with Crippen LogP contribution in [0.3, 0.4) is 0 Å². The summed E-state index contributed by atoms with van der Waals surface area (Å²) in [5.74, 6) is 0. The van der Waals surface area contributed by atoms with E-state index in [-0.39, 0.29) is 5.41 Å². The monoisotopic (exact) mass is 266 g/mol. The zero-order chi connectivity index (χ0) is 13.2. The summed E-state index contributed by atoms with van der Waals surface area (Å²) in [6.07, 6.45) is 8.84. The highest BCUT2D eigenvalue weighted by Crippen LogP contribution is 2.30. The van der Waals surface area contributed by atoms with E-state index in [1.807, 2.05) is 17.5 Å². The molecule has 102 valence electrons. The summed E-state index contributed by atoms with van der Waals surface area (Å²) >= 11 is 1.85. The van der Waals surface area contributed by atoms with Gasteiger partial charge < -0.3 is 5.32 Å². The second kappa shape index (κ2) is 5.30. The van der Waals surface area contributed by atoms with Crippen LogP contribution in [0, 0.1) is 0 Å². The lowest BCUT2D eigenvalue weighted by atomic mass is 9.83. The molecule has 18 heavy (non-hydrogen) atoms. The Balaban J connectivity index is 1.92. The number of aromatic nitrogens is 1. The average Bonchev–Trinajstić information content (AvgIpc) is 2.76. The Morgan fingerprint density at radius 2 is 1.94 bits per heavy atom. The molecule has 1 aromatic rings. The van der Waals surface area contributed by atoms with Crippen molar-refractivity contribution in [3.63, 3.8) is 0 Å². The van der Waals surface area contributed by atoms with Crippen LogP contribution in [0.4, 0.5) is 0 Å². The largest absolute Gasteiger partial charge is 0.307 e. The van der Waals surface area contributed by atoms with Gasteiger partial charge in [0.25, 0.3) is 0 Å². The first-order chi connectivity index (χ1) is 8.39. The first-order valence-corrected chi connectivity index (χ1v) is 7.91. The molecule has 0 amide bonds. The van der Waals surface area contributed by atoms with Gasteiger partial charge in [-0.1, -0.05) is 40.0 Å². The molecule has 1 N–H and O–H groups in total. The molecule has 0 bridgehead atoms. The van der Waals surface area contributed by atoms with Gasteiger partial charge in [-0.15, -0.1) is 11.3 Å².